The molecule has 5 N–H and O–H groups in total. The normalized spacial score (nSPS) is 15.5. The average Bonchev–Trinajstić information content (AvgIpc) is 3.96. The van der Waals surface area contributed by atoms with E-state index in [1.807, 2.05) is 60.5 Å². The summed E-state index contributed by atoms with van der Waals surface area (Å²) < 4.78 is 16.1. The maximum atomic E-state index is 14.1. The molecule has 398 valence electrons. The number of nitrogens with one attached hydrogen (secondary N) is 3. The van der Waals surface area contributed by atoms with Gasteiger partial charge in [-0.1, -0.05) is 46.9 Å². The summed E-state index contributed by atoms with van der Waals surface area (Å²) in [6.45, 7) is 5.45. The van der Waals surface area contributed by atoms with Gasteiger partial charge in [0.1, 0.15) is 5.82 Å². The van der Waals surface area contributed by atoms with Crippen molar-refractivity contribution in [3.8, 4) is 33.8 Å². The van der Waals surface area contributed by atoms with E-state index in [0.717, 1.165) is 97.5 Å². The van der Waals surface area contributed by atoms with E-state index in [0.29, 0.717) is 56.6 Å². The Bertz CT molecular complexity index is 3380. The number of phenols is 2. The molecule has 4 aromatic heterocycles. The van der Waals surface area contributed by atoms with Crippen LogP contribution in [0.1, 0.15) is 65.8 Å². The highest BCUT2D eigenvalue weighted by Gasteiger charge is 2.33. The van der Waals surface area contributed by atoms with E-state index < -0.39 is 11.6 Å². The molecular formula is C55H55Cl6FN10O4. The summed E-state index contributed by atoms with van der Waals surface area (Å²) in [5.74, 6) is -0.584. The first-order valence-corrected chi connectivity index (χ1v) is 25.3. The smallest absolute Gasteiger partial charge is 0.170 e. The van der Waals surface area contributed by atoms with Crippen LogP contribution in [-0.4, -0.2) is 97.7 Å². The van der Waals surface area contributed by atoms with Crippen LogP contribution in [0.5, 0.6) is 11.5 Å². The minimum absolute atomic E-state index is 0. The number of likely N-dealkylation sites (N-methyl/N-ethyl adjacent to an activating group) is 1. The first-order chi connectivity index (χ1) is 35.2. The Labute approximate surface area is 472 Å². The Morgan fingerprint density at radius 3 is 1.79 bits per heavy atom. The molecule has 1 atom stereocenters. The third-order valence-electron chi connectivity index (χ3n) is 13.9. The van der Waals surface area contributed by atoms with E-state index in [1.165, 1.54) is 19.1 Å². The topological polar surface area (TPSA) is 174 Å². The highest BCUT2D eigenvalue weighted by molar-refractivity contribution is 6.37. The van der Waals surface area contributed by atoms with Crippen LogP contribution in [0.2, 0.25) is 15.1 Å². The zero-order valence-corrected chi connectivity index (χ0v) is 46.2. The molecule has 76 heavy (non-hydrogen) atoms. The van der Waals surface area contributed by atoms with Crippen molar-refractivity contribution < 1.29 is 24.2 Å². The number of hydrogen-bond acceptors (Lipinski definition) is 13. The third kappa shape index (κ3) is 12.4. The molecule has 1 aliphatic carbocycles. The molecule has 8 aromatic rings. The molecule has 4 aromatic carbocycles. The predicted octanol–water partition coefficient (Wildman–Crippen LogP) is 13.5. The maximum absolute atomic E-state index is 14.1. The summed E-state index contributed by atoms with van der Waals surface area (Å²) in [6, 6.07) is 22.1. The summed E-state index contributed by atoms with van der Waals surface area (Å²) in [5.41, 5.74) is 8.06. The molecule has 3 aliphatic rings. The van der Waals surface area contributed by atoms with Gasteiger partial charge >= 0.3 is 0 Å². The lowest BCUT2D eigenvalue weighted by molar-refractivity contribution is 0.0967. The Morgan fingerprint density at radius 2 is 1.24 bits per heavy atom. The van der Waals surface area contributed by atoms with Crippen molar-refractivity contribution in [2.75, 3.05) is 55.8 Å². The first-order valence-electron chi connectivity index (χ1n) is 24.1. The van der Waals surface area contributed by atoms with E-state index in [-0.39, 0.29) is 75.5 Å². The van der Waals surface area contributed by atoms with Crippen LogP contribution in [0.4, 0.5) is 33.0 Å². The van der Waals surface area contributed by atoms with Crippen molar-refractivity contribution in [2.24, 2.45) is 5.92 Å². The second-order valence-electron chi connectivity index (χ2n) is 18.9. The van der Waals surface area contributed by atoms with Gasteiger partial charge in [-0.2, -0.15) is 5.10 Å². The molecule has 0 amide bonds. The number of likely N-dealkylation sites (tertiary alicyclic amines) is 1. The number of carbonyl (C=O) groups is 2. The number of piperidine rings is 1. The Morgan fingerprint density at radius 1 is 0.658 bits per heavy atom. The number of nitrogens with zero attached hydrogens (tertiary/aromatic N) is 7. The van der Waals surface area contributed by atoms with Gasteiger partial charge in [-0.3, -0.25) is 24.2 Å². The van der Waals surface area contributed by atoms with Crippen LogP contribution < -0.4 is 20.9 Å². The van der Waals surface area contributed by atoms with E-state index in [4.69, 9.17) is 39.8 Å². The molecule has 2 aliphatic heterocycles. The van der Waals surface area contributed by atoms with E-state index in [2.05, 4.69) is 47.9 Å². The fourth-order valence-corrected chi connectivity index (χ4v) is 10.2. The zero-order valence-electron chi connectivity index (χ0n) is 41.5. The number of aromatic hydroxyl groups is 2. The van der Waals surface area contributed by atoms with Crippen molar-refractivity contribution in [1.29, 1.82) is 0 Å². The maximum Gasteiger partial charge on any atom is 0.170 e. The van der Waals surface area contributed by atoms with Gasteiger partial charge in [-0.25, -0.2) is 9.37 Å². The van der Waals surface area contributed by atoms with Crippen LogP contribution >= 0.6 is 72.0 Å². The molecule has 6 heterocycles. The quantitative estimate of drug-likeness (QED) is 0.0732. The molecule has 1 unspecified atom stereocenters. The number of rotatable bonds is 12. The number of fused-ring (bicyclic) bond motifs is 2. The number of halogens is 7. The first kappa shape index (κ1) is 57.7. The van der Waals surface area contributed by atoms with Gasteiger partial charge in [-0.05, 0) is 149 Å². The highest BCUT2D eigenvalue weighted by atomic mass is 35.5. The molecule has 0 radical (unpaired) electrons. The van der Waals surface area contributed by atoms with Gasteiger partial charge in [-0.15, -0.1) is 37.2 Å². The number of aromatic nitrogens is 5. The number of benzene rings is 4. The second kappa shape index (κ2) is 24.5. The lowest BCUT2D eigenvalue weighted by atomic mass is 9.99. The summed E-state index contributed by atoms with van der Waals surface area (Å²) >= 11 is 18.4. The van der Waals surface area contributed by atoms with Crippen LogP contribution in [0.3, 0.4) is 0 Å². The summed E-state index contributed by atoms with van der Waals surface area (Å²) in [7, 11) is 4.11. The average molecular weight is 1150 g/mol. The highest BCUT2D eigenvalue weighted by Crippen LogP contribution is 2.42. The monoisotopic (exact) mass is 1150 g/mol. The summed E-state index contributed by atoms with van der Waals surface area (Å²) in [5, 5.41) is 36.2. The summed E-state index contributed by atoms with van der Waals surface area (Å²) in [6.07, 6.45) is 13.7. The SMILES string of the molecule is CC(=O)c1cnc2ccc(-c3cc(F)c(O)c(Cl)c3)cc2c1Nc1cnn(C2CCN(C)CC2)c1.CNC1CCN(c2ccc(Nc3c(C(=O)C4CC4)cnc4ccc(-c5cc(Cl)c(O)c(Cl)c5)cc34)cn2)C1.Cl.Cl.Cl. The number of Topliss-reactive ketones (excluding diaryl/α,β-unsaturated/α-hetero) is 2. The fourth-order valence-electron chi connectivity index (χ4n) is 9.50. The number of phenolic OH excluding ortho intramolecular Hbond substituents is 2. The van der Waals surface area contributed by atoms with Crippen molar-refractivity contribution in [2.45, 2.75) is 51.1 Å². The molecule has 21 heteroatoms. The van der Waals surface area contributed by atoms with Crippen molar-refractivity contribution >= 4 is 134 Å². The molecule has 11 rings (SSSR count). The Balaban J connectivity index is 0.000000213. The molecule has 2 saturated heterocycles. The van der Waals surface area contributed by atoms with E-state index in [9.17, 15) is 24.2 Å². The molecule has 1 saturated carbocycles. The van der Waals surface area contributed by atoms with Crippen molar-refractivity contribution in [3.05, 3.63) is 136 Å². The number of ketones is 2. The molecule has 0 bridgehead atoms. The van der Waals surface area contributed by atoms with Gasteiger partial charge in [0, 0.05) is 54.4 Å². The molecule has 0 spiro atoms. The number of pyridine rings is 3. The van der Waals surface area contributed by atoms with Crippen LogP contribution in [-0.2, 0) is 0 Å². The fraction of sp³-hybridized carbons (Fsp3) is 0.273. The largest absolute Gasteiger partial charge is 0.505 e. The number of hydrogen-bond donors (Lipinski definition) is 5. The van der Waals surface area contributed by atoms with Gasteiger partial charge in [0.15, 0.2) is 28.9 Å². The number of carbonyl (C=O) groups excluding carboxylic acids is 2. The van der Waals surface area contributed by atoms with Gasteiger partial charge in [0.2, 0.25) is 0 Å². The summed E-state index contributed by atoms with van der Waals surface area (Å²) in [4.78, 5) is 44.1. The molecule has 3 fully saturated rings. The number of anilines is 5. The minimum Gasteiger partial charge on any atom is -0.505 e. The lowest BCUT2D eigenvalue weighted by Crippen LogP contribution is -2.31. The van der Waals surface area contributed by atoms with Crippen LogP contribution in [0, 0.1) is 11.7 Å². The van der Waals surface area contributed by atoms with E-state index in [1.54, 1.807) is 42.9 Å². The Kier molecular flexibility index (Phi) is 18.6. The minimum atomic E-state index is -0.803. The third-order valence-corrected chi connectivity index (χ3v) is 14.8. The van der Waals surface area contributed by atoms with Gasteiger partial charge < -0.3 is 36.0 Å². The zero-order chi connectivity index (χ0) is 51.1. The molecule has 14 nitrogen and oxygen atoms in total. The van der Waals surface area contributed by atoms with Crippen LogP contribution in [0.15, 0.2) is 104 Å². The predicted molar refractivity (Wildman–Crippen MR) is 310 cm³/mol. The van der Waals surface area contributed by atoms with Crippen molar-refractivity contribution in [3.63, 3.8) is 0 Å². The second-order valence-corrected chi connectivity index (χ2v) is 20.2. The Hall–Kier alpha value is -6.01. The lowest BCUT2D eigenvalue weighted by Gasteiger charge is -2.28. The van der Waals surface area contributed by atoms with E-state index >= 15 is 0 Å². The van der Waals surface area contributed by atoms with Crippen molar-refractivity contribution in [1.82, 2.24) is 34.9 Å². The van der Waals surface area contributed by atoms with Gasteiger partial charge in [0.05, 0.1) is 78.4 Å². The van der Waals surface area contributed by atoms with Crippen LogP contribution in [0.25, 0.3) is 44.1 Å². The molecular weight excluding hydrogens is 1100 g/mol. The van der Waals surface area contributed by atoms with Gasteiger partial charge in [0.25, 0.3) is 0 Å². The standard InChI is InChI=1S/C29H27Cl2N5O2.C26H25ClFN5O2.3ClH/c1-32-20-8-9-36(15-20)26-7-5-19(13-34-26)35-27-21-10-17(18-11-23(30)29(38)24(31)12-18)4-6-25(21)33-14-22(27)28(37)16-2-3-16;1-15(34)21-13-29-24-4-3-16(17-10-22(27)26(35)23(28)11-17)9-20(24)25(21)31-18-12-30-33(14-18)19-5-7-32(2)8-6-19;;;/h4-7,10-14,16,20,32,38H,2-3,8-9,15H2,1H3,(H,33,35);3-4,9-14,19,35H,5-8H2,1-2H3,(H,29,31);3*1H.